The van der Waals surface area contributed by atoms with Gasteiger partial charge in [0.05, 0.1) is 11.1 Å². The van der Waals surface area contributed by atoms with Gasteiger partial charge >= 0.3 is 0 Å². The molecular formula is C16H21ClN2O. The zero-order chi connectivity index (χ0) is 14.1. The van der Waals surface area contributed by atoms with Crippen molar-refractivity contribution in [3.05, 3.63) is 35.0 Å². The molecule has 3 N–H and O–H groups in total. The van der Waals surface area contributed by atoms with Crippen LogP contribution >= 0.6 is 11.6 Å². The van der Waals surface area contributed by atoms with Crippen molar-refractivity contribution < 1.29 is 4.42 Å². The fraction of sp³-hybridized carbons (Fsp3) is 0.500. The molecule has 0 spiro atoms. The smallest absolute Gasteiger partial charge is 0.152 e. The van der Waals surface area contributed by atoms with Crippen LogP contribution in [0.5, 0.6) is 0 Å². The van der Waals surface area contributed by atoms with E-state index in [4.69, 9.17) is 21.9 Å². The minimum atomic E-state index is 0.0787. The summed E-state index contributed by atoms with van der Waals surface area (Å²) in [7, 11) is 0. The first kappa shape index (κ1) is 13.9. The van der Waals surface area contributed by atoms with Gasteiger partial charge in [0.25, 0.3) is 0 Å². The third-order valence-electron chi connectivity index (χ3n) is 4.63. The number of furan rings is 1. The number of nitrogens with two attached hydrogens (primary N) is 1. The van der Waals surface area contributed by atoms with Crippen LogP contribution in [0.25, 0.3) is 11.0 Å². The molecule has 1 fully saturated rings. The van der Waals surface area contributed by atoms with Crippen molar-refractivity contribution in [3.63, 3.8) is 0 Å². The van der Waals surface area contributed by atoms with Gasteiger partial charge in [-0.3, -0.25) is 5.84 Å². The third kappa shape index (κ3) is 2.46. The number of fused-ring (bicyclic) bond motifs is 1. The van der Waals surface area contributed by atoms with Crippen molar-refractivity contribution in [2.24, 2.45) is 17.7 Å². The first-order chi connectivity index (χ1) is 9.72. The number of halogens is 1. The van der Waals surface area contributed by atoms with Crippen LogP contribution in [0, 0.1) is 11.8 Å². The molecule has 1 saturated carbocycles. The molecule has 20 heavy (non-hydrogen) atoms. The van der Waals surface area contributed by atoms with E-state index >= 15 is 0 Å². The molecule has 0 amide bonds. The Morgan fingerprint density at radius 1 is 1.45 bits per heavy atom. The Morgan fingerprint density at radius 2 is 2.30 bits per heavy atom. The molecule has 1 aliphatic carbocycles. The largest absolute Gasteiger partial charge is 0.458 e. The molecule has 0 saturated heterocycles. The van der Waals surface area contributed by atoms with Crippen LogP contribution in [0.1, 0.15) is 44.4 Å². The molecule has 0 bridgehead atoms. The van der Waals surface area contributed by atoms with Gasteiger partial charge in [-0.15, -0.1) is 0 Å². The summed E-state index contributed by atoms with van der Waals surface area (Å²) in [5, 5.41) is 1.69. The zero-order valence-electron chi connectivity index (χ0n) is 11.7. The van der Waals surface area contributed by atoms with E-state index < -0.39 is 0 Å². The molecule has 0 radical (unpaired) electrons. The standard InChI is InChI=1S/C16H21ClN2O/c1-2-10-6-7-11(8-10)15(19-18)14-9-12-4-3-5-13(17)16(12)20-14/h3-5,9-11,15,19H,2,6-8,18H2,1H3. The summed E-state index contributed by atoms with van der Waals surface area (Å²) >= 11 is 6.18. The highest BCUT2D eigenvalue weighted by atomic mass is 35.5. The molecule has 0 aliphatic heterocycles. The van der Waals surface area contributed by atoms with Gasteiger partial charge in [-0.1, -0.05) is 43.5 Å². The number of hydrogen-bond acceptors (Lipinski definition) is 3. The normalized spacial score (nSPS) is 24.4. The molecular weight excluding hydrogens is 272 g/mol. The van der Waals surface area contributed by atoms with Gasteiger partial charge < -0.3 is 4.42 Å². The van der Waals surface area contributed by atoms with Crippen LogP contribution in [0.3, 0.4) is 0 Å². The second kappa shape index (κ2) is 5.76. The topological polar surface area (TPSA) is 51.2 Å². The van der Waals surface area contributed by atoms with E-state index in [1.807, 2.05) is 18.2 Å². The van der Waals surface area contributed by atoms with Gasteiger partial charge in [-0.05, 0) is 36.8 Å². The molecule has 3 rings (SSSR count). The Morgan fingerprint density at radius 3 is 2.95 bits per heavy atom. The summed E-state index contributed by atoms with van der Waals surface area (Å²) in [6.45, 7) is 2.26. The molecule has 3 atom stereocenters. The van der Waals surface area contributed by atoms with E-state index in [9.17, 15) is 0 Å². The first-order valence-electron chi connectivity index (χ1n) is 7.37. The lowest BCUT2D eigenvalue weighted by atomic mass is 9.94. The SMILES string of the molecule is CCC1CCC(C(NN)c2cc3cccc(Cl)c3o2)C1. The lowest BCUT2D eigenvalue weighted by Crippen LogP contribution is -2.32. The third-order valence-corrected chi connectivity index (χ3v) is 4.93. The number of hydrazine groups is 1. The zero-order valence-corrected chi connectivity index (χ0v) is 12.5. The molecule has 108 valence electrons. The van der Waals surface area contributed by atoms with Crippen molar-refractivity contribution in [1.29, 1.82) is 0 Å². The summed E-state index contributed by atoms with van der Waals surface area (Å²) in [6, 6.07) is 7.95. The Balaban J connectivity index is 1.89. The number of benzene rings is 1. The molecule has 1 heterocycles. The summed E-state index contributed by atoms with van der Waals surface area (Å²) in [5.74, 6) is 8.06. The molecule has 1 aromatic carbocycles. The summed E-state index contributed by atoms with van der Waals surface area (Å²) in [6.07, 6.45) is 4.97. The van der Waals surface area contributed by atoms with Gasteiger partial charge in [-0.25, -0.2) is 5.43 Å². The van der Waals surface area contributed by atoms with Crippen molar-refractivity contribution in [2.75, 3.05) is 0 Å². The van der Waals surface area contributed by atoms with Gasteiger partial charge in [0.1, 0.15) is 5.76 Å². The fourth-order valence-corrected chi connectivity index (χ4v) is 3.66. The first-order valence-corrected chi connectivity index (χ1v) is 7.74. The van der Waals surface area contributed by atoms with Crippen molar-refractivity contribution >= 4 is 22.6 Å². The molecule has 1 aliphatic rings. The van der Waals surface area contributed by atoms with Gasteiger partial charge in [0.15, 0.2) is 5.58 Å². The molecule has 3 unspecified atom stereocenters. The Kier molecular flexibility index (Phi) is 4.01. The molecule has 1 aromatic heterocycles. The monoisotopic (exact) mass is 292 g/mol. The van der Waals surface area contributed by atoms with Gasteiger partial charge in [-0.2, -0.15) is 0 Å². The predicted molar refractivity (Wildman–Crippen MR) is 82.4 cm³/mol. The summed E-state index contributed by atoms with van der Waals surface area (Å²) < 4.78 is 5.96. The minimum Gasteiger partial charge on any atom is -0.458 e. The number of nitrogens with one attached hydrogen (secondary N) is 1. The fourth-order valence-electron chi connectivity index (χ4n) is 3.44. The van der Waals surface area contributed by atoms with Crippen LogP contribution < -0.4 is 11.3 Å². The van der Waals surface area contributed by atoms with E-state index in [2.05, 4.69) is 18.4 Å². The van der Waals surface area contributed by atoms with Crippen molar-refractivity contribution in [3.8, 4) is 0 Å². The van der Waals surface area contributed by atoms with Gasteiger partial charge in [0.2, 0.25) is 0 Å². The highest BCUT2D eigenvalue weighted by molar-refractivity contribution is 6.34. The summed E-state index contributed by atoms with van der Waals surface area (Å²) in [5.41, 5.74) is 3.71. The maximum Gasteiger partial charge on any atom is 0.152 e. The van der Waals surface area contributed by atoms with Crippen LogP contribution in [-0.2, 0) is 0 Å². The minimum absolute atomic E-state index is 0.0787. The average molecular weight is 293 g/mol. The lowest BCUT2D eigenvalue weighted by molar-refractivity contribution is 0.314. The second-order valence-corrected chi connectivity index (χ2v) is 6.21. The lowest BCUT2D eigenvalue weighted by Gasteiger charge is -2.20. The van der Waals surface area contributed by atoms with Crippen LogP contribution in [0.15, 0.2) is 28.7 Å². The van der Waals surface area contributed by atoms with Crippen molar-refractivity contribution in [2.45, 2.75) is 38.6 Å². The molecule has 3 nitrogen and oxygen atoms in total. The van der Waals surface area contributed by atoms with Gasteiger partial charge in [0, 0.05) is 5.39 Å². The van der Waals surface area contributed by atoms with E-state index in [-0.39, 0.29) is 6.04 Å². The maximum absolute atomic E-state index is 6.18. The second-order valence-electron chi connectivity index (χ2n) is 5.80. The van der Waals surface area contributed by atoms with Crippen molar-refractivity contribution in [1.82, 2.24) is 5.43 Å². The van der Waals surface area contributed by atoms with Crippen LogP contribution in [0.2, 0.25) is 5.02 Å². The molecule has 2 aromatic rings. The quantitative estimate of drug-likeness (QED) is 0.648. The van der Waals surface area contributed by atoms with Crippen LogP contribution in [0.4, 0.5) is 0 Å². The number of hydrogen-bond donors (Lipinski definition) is 2. The van der Waals surface area contributed by atoms with Crippen LogP contribution in [-0.4, -0.2) is 0 Å². The highest BCUT2D eigenvalue weighted by Crippen LogP contribution is 2.41. The Hall–Kier alpha value is -1.03. The maximum atomic E-state index is 6.18. The Bertz CT molecular complexity index is 595. The number of para-hydroxylation sites is 1. The predicted octanol–water partition coefficient (Wildman–Crippen LogP) is 4.42. The number of rotatable bonds is 4. The van der Waals surface area contributed by atoms with E-state index in [0.29, 0.717) is 10.9 Å². The molecule has 4 heteroatoms. The summed E-state index contributed by atoms with van der Waals surface area (Å²) in [4.78, 5) is 0. The van der Waals surface area contributed by atoms with E-state index in [0.717, 1.165) is 22.6 Å². The average Bonchev–Trinajstić information content (AvgIpc) is 3.07. The Labute approximate surface area is 124 Å². The van der Waals surface area contributed by atoms with E-state index in [1.54, 1.807) is 0 Å². The van der Waals surface area contributed by atoms with E-state index in [1.165, 1.54) is 25.7 Å². The highest BCUT2D eigenvalue weighted by Gasteiger charge is 2.32.